The maximum atomic E-state index is 11.3. The second kappa shape index (κ2) is 10.9. The second-order valence-corrected chi connectivity index (χ2v) is 8.02. The van der Waals surface area contributed by atoms with Gasteiger partial charge < -0.3 is 26.1 Å². The van der Waals surface area contributed by atoms with E-state index in [4.69, 9.17) is 44.3 Å². The molecular formula is C24H25ClN6O5. The number of rotatable bonds is 9. The maximum absolute atomic E-state index is 11.3. The molecule has 0 aliphatic carbocycles. The van der Waals surface area contributed by atoms with E-state index in [0.29, 0.717) is 23.4 Å². The van der Waals surface area contributed by atoms with Crippen LogP contribution >= 0.6 is 11.6 Å². The van der Waals surface area contributed by atoms with Crippen molar-refractivity contribution in [3.63, 3.8) is 0 Å². The van der Waals surface area contributed by atoms with Gasteiger partial charge in [-0.25, -0.2) is 21.3 Å². The summed E-state index contributed by atoms with van der Waals surface area (Å²) < 4.78 is 5.72. The highest BCUT2D eigenvalue weighted by molar-refractivity contribution is 6.33. The normalized spacial score (nSPS) is 11.9. The van der Waals surface area contributed by atoms with Gasteiger partial charge in [0.25, 0.3) is 0 Å². The quantitative estimate of drug-likeness (QED) is 0.182. The van der Waals surface area contributed by atoms with Crippen LogP contribution in [-0.4, -0.2) is 22.2 Å². The molecule has 0 saturated carbocycles. The first-order chi connectivity index (χ1) is 17.0. The topological polar surface area (TPSA) is 198 Å². The van der Waals surface area contributed by atoms with E-state index < -0.39 is 11.9 Å². The molecule has 1 aromatic heterocycles. The van der Waals surface area contributed by atoms with Crippen LogP contribution < -0.4 is 33.2 Å². The van der Waals surface area contributed by atoms with E-state index in [-0.39, 0.29) is 39.1 Å². The van der Waals surface area contributed by atoms with Crippen molar-refractivity contribution in [3.8, 4) is 0 Å². The summed E-state index contributed by atoms with van der Waals surface area (Å²) in [6, 6.07) is 12.1. The Hall–Kier alpha value is -4.45. The number of aromatic carboxylic acids is 2. The van der Waals surface area contributed by atoms with E-state index in [1.807, 2.05) is 6.92 Å². The molecule has 188 valence electrons. The Morgan fingerprint density at radius 1 is 0.861 bits per heavy atom. The number of carbonyl (C=O) groups is 2. The first-order valence-electron chi connectivity index (χ1n) is 10.5. The Kier molecular flexibility index (Phi) is 7.90. The number of halogens is 1. The number of hydrazine groups is 2. The number of carboxylic acids is 2. The highest BCUT2D eigenvalue weighted by Gasteiger charge is 2.14. The maximum Gasteiger partial charge on any atom is 0.337 e. The third-order valence-electron chi connectivity index (χ3n) is 5.21. The lowest BCUT2D eigenvalue weighted by Gasteiger charge is -2.16. The number of nitrogens with zero attached hydrogens (tertiary/aromatic N) is 2. The van der Waals surface area contributed by atoms with Crippen LogP contribution in [0.15, 0.2) is 65.3 Å². The van der Waals surface area contributed by atoms with Crippen LogP contribution in [-0.2, 0) is 6.42 Å². The van der Waals surface area contributed by atoms with Gasteiger partial charge in [-0.1, -0.05) is 18.5 Å². The largest absolute Gasteiger partial charge is 0.478 e. The summed E-state index contributed by atoms with van der Waals surface area (Å²) in [6.45, 7) is 1.85. The van der Waals surface area contributed by atoms with Gasteiger partial charge in [-0.15, -0.1) is 0 Å². The lowest BCUT2D eigenvalue weighted by molar-refractivity contribution is 0.0685. The molecule has 3 rings (SSSR count). The number of furan rings is 1. The summed E-state index contributed by atoms with van der Waals surface area (Å²) in [6.07, 6.45) is 3.32. The monoisotopic (exact) mass is 512 g/mol. The van der Waals surface area contributed by atoms with Crippen LogP contribution in [0.2, 0.25) is 5.02 Å². The molecular weight excluding hydrogens is 488 g/mol. The first kappa shape index (κ1) is 26.2. The summed E-state index contributed by atoms with van der Waals surface area (Å²) >= 11 is 5.99. The van der Waals surface area contributed by atoms with Crippen LogP contribution in [0.4, 0.5) is 11.4 Å². The molecule has 1 heterocycles. The minimum atomic E-state index is -1.15. The van der Waals surface area contributed by atoms with E-state index in [1.54, 1.807) is 24.3 Å². The molecule has 36 heavy (non-hydrogen) atoms. The number of nitrogens with two attached hydrogens (primary N) is 4. The van der Waals surface area contributed by atoms with Gasteiger partial charge >= 0.3 is 11.9 Å². The number of benzene rings is 2. The van der Waals surface area contributed by atoms with Gasteiger partial charge in [0.15, 0.2) is 11.5 Å². The standard InChI is InChI=1S/C24H25ClN6O5/c1-2-13-9-14(3-5-16(13)23(32)33)30(28)11-19(26)21-7-8-22(36-21)20(27)12-31(29)15-4-6-17(24(34)35)18(25)10-15/h3-12H,2,26-29H2,1H3,(H,32,33)(H,34,35)/b19-11-,20-12-. The van der Waals surface area contributed by atoms with E-state index in [2.05, 4.69) is 0 Å². The summed E-state index contributed by atoms with van der Waals surface area (Å²) in [7, 11) is 0. The summed E-state index contributed by atoms with van der Waals surface area (Å²) in [4.78, 5) is 22.5. The van der Waals surface area contributed by atoms with Gasteiger partial charge in [0, 0.05) is 12.4 Å². The van der Waals surface area contributed by atoms with Gasteiger partial charge in [-0.05, 0) is 60.5 Å². The number of carboxylic acid groups (broad SMARTS) is 2. The Morgan fingerprint density at radius 2 is 1.33 bits per heavy atom. The number of anilines is 2. The zero-order chi connectivity index (χ0) is 26.6. The lowest BCUT2D eigenvalue weighted by Crippen LogP contribution is -2.26. The molecule has 0 unspecified atom stereocenters. The van der Waals surface area contributed by atoms with E-state index in [9.17, 15) is 14.7 Å². The Bertz CT molecular complexity index is 1370. The Balaban J connectivity index is 1.78. The van der Waals surface area contributed by atoms with E-state index in [0.717, 1.165) is 0 Å². The molecule has 0 spiro atoms. The van der Waals surface area contributed by atoms with Crippen molar-refractivity contribution in [1.29, 1.82) is 0 Å². The SMILES string of the molecule is CCc1cc(N(N)/C=C(\N)c2ccc(/C(N)=C/N(N)c3ccc(C(=O)O)c(Cl)c3)o2)ccc1C(=O)O. The highest BCUT2D eigenvalue weighted by Crippen LogP contribution is 2.25. The second-order valence-electron chi connectivity index (χ2n) is 7.62. The predicted octanol–water partition coefficient (Wildman–Crippen LogP) is 3.17. The van der Waals surface area contributed by atoms with Gasteiger partial charge in [-0.2, -0.15) is 0 Å². The minimum absolute atomic E-state index is 0.0237. The smallest absolute Gasteiger partial charge is 0.337 e. The zero-order valence-corrected chi connectivity index (χ0v) is 19.9. The molecule has 12 heteroatoms. The van der Waals surface area contributed by atoms with Gasteiger partial charge in [0.1, 0.15) is 0 Å². The Morgan fingerprint density at radius 3 is 1.78 bits per heavy atom. The minimum Gasteiger partial charge on any atom is -0.478 e. The molecule has 3 aromatic rings. The number of hydrogen-bond acceptors (Lipinski definition) is 9. The molecule has 0 aliphatic rings. The molecule has 0 aliphatic heterocycles. The van der Waals surface area contributed by atoms with Crippen molar-refractivity contribution in [2.24, 2.45) is 23.2 Å². The number of hydrogen-bond donors (Lipinski definition) is 6. The summed E-state index contributed by atoms with van der Waals surface area (Å²) in [5.41, 5.74) is 14.3. The highest BCUT2D eigenvalue weighted by atomic mass is 35.5. The average Bonchev–Trinajstić information content (AvgIpc) is 3.34. The van der Waals surface area contributed by atoms with Crippen molar-refractivity contribution in [3.05, 3.63) is 94.2 Å². The predicted molar refractivity (Wildman–Crippen MR) is 138 cm³/mol. The van der Waals surface area contributed by atoms with E-state index in [1.165, 1.54) is 46.7 Å². The fourth-order valence-electron chi connectivity index (χ4n) is 3.30. The molecule has 0 fully saturated rings. The van der Waals surface area contributed by atoms with Crippen molar-refractivity contribution in [1.82, 2.24) is 0 Å². The summed E-state index contributed by atoms with van der Waals surface area (Å²) in [5.74, 6) is 10.5. The molecule has 0 bridgehead atoms. The molecule has 0 radical (unpaired) electrons. The molecule has 0 saturated heterocycles. The lowest BCUT2D eigenvalue weighted by atomic mass is 10.0. The van der Waals surface area contributed by atoms with Crippen molar-refractivity contribution in [2.75, 3.05) is 10.0 Å². The third kappa shape index (κ3) is 5.78. The van der Waals surface area contributed by atoms with Crippen LogP contribution in [0.3, 0.4) is 0 Å². The van der Waals surface area contributed by atoms with Crippen molar-refractivity contribution in [2.45, 2.75) is 13.3 Å². The molecule has 10 N–H and O–H groups in total. The van der Waals surface area contributed by atoms with Gasteiger partial charge in [0.05, 0.1) is 38.9 Å². The van der Waals surface area contributed by atoms with Crippen molar-refractivity contribution >= 4 is 46.3 Å². The van der Waals surface area contributed by atoms with Crippen LogP contribution in [0, 0.1) is 0 Å². The fraction of sp³-hybridized carbons (Fsp3) is 0.0833. The third-order valence-corrected chi connectivity index (χ3v) is 5.52. The molecule has 0 amide bonds. The Labute approximate surface area is 211 Å². The van der Waals surface area contributed by atoms with Crippen molar-refractivity contribution < 1.29 is 24.2 Å². The molecule has 0 atom stereocenters. The fourth-order valence-corrected chi connectivity index (χ4v) is 3.56. The van der Waals surface area contributed by atoms with Crippen LogP contribution in [0.1, 0.15) is 44.7 Å². The van der Waals surface area contributed by atoms with E-state index >= 15 is 0 Å². The summed E-state index contributed by atoms with van der Waals surface area (Å²) in [5, 5.41) is 20.8. The van der Waals surface area contributed by atoms with Crippen LogP contribution in [0.25, 0.3) is 11.4 Å². The molecule has 2 aromatic carbocycles. The molecule has 11 nitrogen and oxygen atoms in total. The average molecular weight is 513 g/mol. The first-order valence-corrected chi connectivity index (χ1v) is 10.9. The van der Waals surface area contributed by atoms with Crippen LogP contribution in [0.5, 0.6) is 0 Å². The van der Waals surface area contributed by atoms with Gasteiger partial charge in [-0.3, -0.25) is 10.0 Å². The number of aryl methyl sites for hydroxylation is 1. The zero-order valence-electron chi connectivity index (χ0n) is 19.2. The van der Waals surface area contributed by atoms with Gasteiger partial charge in [0.2, 0.25) is 0 Å².